The number of nitrogens with one attached hydrogen (secondary N) is 2. The van der Waals surface area contributed by atoms with Gasteiger partial charge in [0, 0.05) is 5.56 Å². The number of aryl methyl sites for hydroxylation is 1. The van der Waals surface area contributed by atoms with E-state index >= 15 is 0 Å². The van der Waals surface area contributed by atoms with Crippen molar-refractivity contribution in [2.45, 2.75) is 13.0 Å². The van der Waals surface area contributed by atoms with Crippen LogP contribution < -0.4 is 10.6 Å². The number of Topliss-reactive ketones (excluding diaryl/α,β-unsaturated/α-hetero) is 1. The Kier molecular flexibility index (Phi) is 2.51. The molecular weight excluding hydrogens is 264 g/mol. The smallest absolute Gasteiger partial charge is 0.229 e. The molecule has 2 aromatic carbocycles. The number of ketones is 1. The second-order valence-electron chi connectivity index (χ2n) is 5.22. The van der Waals surface area contributed by atoms with Crippen molar-refractivity contribution >= 4 is 17.2 Å². The normalized spacial score (nSPS) is 19.3. The zero-order chi connectivity index (χ0) is 14.4. The largest absolute Gasteiger partial charge is 0.461 e. The van der Waals surface area contributed by atoms with E-state index in [1.54, 1.807) is 0 Å². The minimum absolute atomic E-state index is 0.0405. The summed E-state index contributed by atoms with van der Waals surface area (Å²) in [6.07, 6.45) is -0.578. The van der Waals surface area contributed by atoms with Crippen LogP contribution in [0.1, 0.15) is 17.2 Å². The SMILES string of the molecule is Cc1ccccc1C1OC2=C(Nc3ccccc3N2)C1=O. The summed E-state index contributed by atoms with van der Waals surface area (Å²) in [7, 11) is 0. The average Bonchev–Trinajstić information content (AvgIpc) is 2.82. The highest BCUT2D eigenvalue weighted by Crippen LogP contribution is 2.39. The number of hydrogen-bond acceptors (Lipinski definition) is 4. The standard InChI is InChI=1S/C17H14N2O2/c1-10-6-2-3-7-11(10)16-15(20)14-17(21-16)19-13-9-5-4-8-12(13)18-14/h2-9,16,18-19H,1H3. The average molecular weight is 278 g/mol. The quantitative estimate of drug-likeness (QED) is 0.840. The summed E-state index contributed by atoms with van der Waals surface area (Å²) < 4.78 is 5.86. The van der Waals surface area contributed by atoms with E-state index in [4.69, 9.17) is 4.74 Å². The highest BCUT2D eigenvalue weighted by Gasteiger charge is 2.39. The molecule has 0 saturated carbocycles. The Morgan fingerprint density at radius 3 is 2.38 bits per heavy atom. The Morgan fingerprint density at radius 2 is 1.62 bits per heavy atom. The molecule has 4 rings (SSSR count). The van der Waals surface area contributed by atoms with Crippen LogP contribution in [0.5, 0.6) is 0 Å². The van der Waals surface area contributed by atoms with Gasteiger partial charge in [-0.3, -0.25) is 4.79 Å². The molecule has 0 amide bonds. The maximum absolute atomic E-state index is 12.6. The van der Waals surface area contributed by atoms with Crippen molar-refractivity contribution < 1.29 is 9.53 Å². The van der Waals surface area contributed by atoms with Gasteiger partial charge in [0.2, 0.25) is 11.7 Å². The van der Waals surface area contributed by atoms with Crippen molar-refractivity contribution in [3.8, 4) is 0 Å². The lowest BCUT2D eigenvalue weighted by Gasteiger charge is -2.19. The van der Waals surface area contributed by atoms with Gasteiger partial charge in [0.1, 0.15) is 5.70 Å². The van der Waals surface area contributed by atoms with E-state index in [9.17, 15) is 4.79 Å². The van der Waals surface area contributed by atoms with E-state index in [1.165, 1.54) is 0 Å². The molecule has 21 heavy (non-hydrogen) atoms. The third-order valence-electron chi connectivity index (χ3n) is 3.85. The first-order valence-electron chi connectivity index (χ1n) is 6.88. The summed E-state index contributed by atoms with van der Waals surface area (Å²) in [5, 5.41) is 6.35. The van der Waals surface area contributed by atoms with Gasteiger partial charge in [0.25, 0.3) is 0 Å². The van der Waals surface area contributed by atoms with Crippen molar-refractivity contribution in [2.24, 2.45) is 0 Å². The molecule has 0 aromatic heterocycles. The molecule has 2 aromatic rings. The lowest BCUT2D eigenvalue weighted by molar-refractivity contribution is -0.121. The number of anilines is 2. The maximum atomic E-state index is 12.6. The summed E-state index contributed by atoms with van der Waals surface area (Å²) in [4.78, 5) is 12.6. The van der Waals surface area contributed by atoms with Gasteiger partial charge in [0.15, 0.2) is 6.10 Å². The van der Waals surface area contributed by atoms with E-state index < -0.39 is 6.10 Å². The van der Waals surface area contributed by atoms with Crippen LogP contribution in [0.2, 0.25) is 0 Å². The highest BCUT2D eigenvalue weighted by atomic mass is 16.5. The number of hydrogen-bond donors (Lipinski definition) is 2. The second-order valence-corrected chi connectivity index (χ2v) is 5.22. The number of fused-ring (bicyclic) bond motifs is 1. The van der Waals surface area contributed by atoms with Gasteiger partial charge in [-0.1, -0.05) is 36.4 Å². The van der Waals surface area contributed by atoms with Crippen molar-refractivity contribution in [1.82, 2.24) is 0 Å². The van der Waals surface area contributed by atoms with Gasteiger partial charge in [-0.25, -0.2) is 0 Å². The number of benzene rings is 2. The molecule has 0 radical (unpaired) electrons. The number of para-hydroxylation sites is 2. The molecule has 4 heteroatoms. The van der Waals surface area contributed by atoms with E-state index in [2.05, 4.69) is 10.6 Å². The molecule has 1 atom stereocenters. The van der Waals surface area contributed by atoms with E-state index in [-0.39, 0.29) is 5.78 Å². The van der Waals surface area contributed by atoms with Crippen LogP contribution in [0.4, 0.5) is 11.4 Å². The zero-order valence-corrected chi connectivity index (χ0v) is 11.5. The van der Waals surface area contributed by atoms with Gasteiger partial charge in [-0.2, -0.15) is 0 Å². The van der Waals surface area contributed by atoms with Crippen LogP contribution in [0.15, 0.2) is 60.1 Å². The Hall–Kier alpha value is -2.75. The number of carbonyl (C=O) groups is 1. The predicted molar refractivity (Wildman–Crippen MR) is 80.7 cm³/mol. The summed E-state index contributed by atoms with van der Waals surface area (Å²) >= 11 is 0. The Balaban J connectivity index is 1.69. The maximum Gasteiger partial charge on any atom is 0.229 e. The molecule has 0 bridgehead atoms. The second kappa shape index (κ2) is 4.38. The predicted octanol–water partition coefficient (Wildman–Crippen LogP) is 3.34. The number of carbonyl (C=O) groups excluding carboxylic acids is 1. The monoisotopic (exact) mass is 278 g/mol. The topological polar surface area (TPSA) is 50.4 Å². The third kappa shape index (κ3) is 1.80. The summed E-state index contributed by atoms with van der Waals surface area (Å²) in [6, 6.07) is 15.5. The molecule has 104 valence electrons. The van der Waals surface area contributed by atoms with Crippen LogP contribution in [0.25, 0.3) is 0 Å². The lowest BCUT2D eigenvalue weighted by Crippen LogP contribution is -2.18. The fourth-order valence-electron chi connectivity index (χ4n) is 2.73. The van der Waals surface area contributed by atoms with Gasteiger partial charge in [-0.15, -0.1) is 0 Å². The fraction of sp³-hybridized carbons (Fsp3) is 0.118. The minimum Gasteiger partial charge on any atom is -0.461 e. The van der Waals surface area contributed by atoms with Crippen LogP contribution in [-0.2, 0) is 9.53 Å². The molecule has 2 aliphatic heterocycles. The van der Waals surface area contributed by atoms with Crippen LogP contribution in [-0.4, -0.2) is 5.78 Å². The van der Waals surface area contributed by atoms with Crippen molar-refractivity contribution in [3.63, 3.8) is 0 Å². The van der Waals surface area contributed by atoms with Gasteiger partial charge in [-0.05, 0) is 24.6 Å². The molecule has 2 N–H and O–H groups in total. The van der Waals surface area contributed by atoms with Gasteiger partial charge < -0.3 is 15.4 Å². The molecule has 0 saturated heterocycles. The van der Waals surface area contributed by atoms with Crippen LogP contribution >= 0.6 is 0 Å². The third-order valence-corrected chi connectivity index (χ3v) is 3.85. The lowest BCUT2D eigenvalue weighted by atomic mass is 10.00. The summed E-state index contributed by atoms with van der Waals surface area (Å²) in [6.45, 7) is 1.99. The van der Waals surface area contributed by atoms with Crippen LogP contribution in [0.3, 0.4) is 0 Å². The minimum atomic E-state index is -0.578. The molecule has 2 heterocycles. The summed E-state index contributed by atoms with van der Waals surface area (Å²) in [5.74, 6) is 0.466. The molecule has 2 aliphatic rings. The highest BCUT2D eigenvalue weighted by molar-refractivity contribution is 6.06. The summed E-state index contributed by atoms with van der Waals surface area (Å²) in [5.41, 5.74) is 4.26. The van der Waals surface area contributed by atoms with Crippen molar-refractivity contribution in [2.75, 3.05) is 10.6 Å². The molecule has 0 fully saturated rings. The molecule has 1 unspecified atom stereocenters. The van der Waals surface area contributed by atoms with E-state index in [1.807, 2.05) is 55.5 Å². The molecular formula is C17H14N2O2. The van der Waals surface area contributed by atoms with Crippen molar-refractivity contribution in [1.29, 1.82) is 0 Å². The number of ether oxygens (including phenoxy) is 1. The van der Waals surface area contributed by atoms with Crippen LogP contribution in [0, 0.1) is 6.92 Å². The molecule has 0 aliphatic carbocycles. The van der Waals surface area contributed by atoms with Gasteiger partial charge >= 0.3 is 0 Å². The first-order valence-corrected chi connectivity index (χ1v) is 6.88. The fourth-order valence-corrected chi connectivity index (χ4v) is 2.73. The molecule has 0 spiro atoms. The molecule has 4 nitrogen and oxygen atoms in total. The van der Waals surface area contributed by atoms with Gasteiger partial charge in [0.05, 0.1) is 11.4 Å². The van der Waals surface area contributed by atoms with E-state index in [0.717, 1.165) is 22.5 Å². The Bertz CT molecular complexity index is 780. The Labute approximate surface area is 122 Å². The zero-order valence-electron chi connectivity index (χ0n) is 11.5. The van der Waals surface area contributed by atoms with E-state index in [0.29, 0.717) is 11.6 Å². The Morgan fingerprint density at radius 1 is 0.952 bits per heavy atom. The van der Waals surface area contributed by atoms with Crippen molar-refractivity contribution in [3.05, 3.63) is 71.2 Å². The first-order chi connectivity index (χ1) is 10.2. The number of rotatable bonds is 1. The first kappa shape index (κ1) is 12.0.